The topological polar surface area (TPSA) is 20.2 Å². The van der Waals surface area contributed by atoms with Gasteiger partial charge in [0, 0.05) is 0 Å². The van der Waals surface area contributed by atoms with Crippen LogP contribution in [0.4, 0.5) is 0 Å². The van der Waals surface area contributed by atoms with Crippen LogP contribution in [0, 0.1) is 35.0 Å². The Morgan fingerprint density at radius 3 is 2.48 bits per heavy atom. The molecule has 0 saturated heterocycles. The molecule has 0 heterocycles. The lowest BCUT2D eigenvalue weighted by molar-refractivity contribution is 0.0170. The smallest absolute Gasteiger partial charge is 0.0591 e. The van der Waals surface area contributed by atoms with E-state index in [0.29, 0.717) is 5.41 Å². The number of fused-ring (bicyclic) bond motifs is 1. The highest BCUT2D eigenvalue weighted by molar-refractivity contribution is 5.01. The fourth-order valence-corrected chi connectivity index (χ4v) is 5.71. The molecule has 0 spiro atoms. The minimum absolute atomic E-state index is 0.505. The van der Waals surface area contributed by atoms with Crippen LogP contribution in [-0.2, 0) is 0 Å². The first-order valence-corrected chi connectivity index (χ1v) is 9.37. The summed E-state index contributed by atoms with van der Waals surface area (Å²) in [6.45, 7) is 13.9. The average molecular weight is 295 g/mol. The van der Waals surface area contributed by atoms with Crippen LogP contribution in [0.15, 0.2) is 0 Å². The van der Waals surface area contributed by atoms with Gasteiger partial charge in [0.2, 0.25) is 0 Å². The SMILES string of the molecule is C[C@H]1CCC[C@@]2(C)C1CCC2[C@H](C)[C@@H](C)CCC(C)(C)O. The molecular formula is C20H38O. The highest BCUT2D eigenvalue weighted by Crippen LogP contribution is 2.60. The third-order valence-corrected chi connectivity index (χ3v) is 7.29. The van der Waals surface area contributed by atoms with Gasteiger partial charge in [0.25, 0.3) is 0 Å². The Balaban J connectivity index is 2.00. The van der Waals surface area contributed by atoms with E-state index in [1.165, 1.54) is 32.1 Å². The van der Waals surface area contributed by atoms with Crippen LogP contribution in [0.1, 0.15) is 86.5 Å². The minimum Gasteiger partial charge on any atom is -0.390 e. The second-order valence-electron chi connectivity index (χ2n) is 9.35. The molecule has 6 atom stereocenters. The van der Waals surface area contributed by atoms with Crippen molar-refractivity contribution in [3.63, 3.8) is 0 Å². The number of hydrogen-bond acceptors (Lipinski definition) is 1. The fraction of sp³-hybridized carbons (Fsp3) is 1.00. The summed E-state index contributed by atoms with van der Waals surface area (Å²) >= 11 is 0. The molecule has 0 radical (unpaired) electrons. The summed E-state index contributed by atoms with van der Waals surface area (Å²) in [7, 11) is 0. The molecule has 2 rings (SSSR count). The van der Waals surface area contributed by atoms with Crippen LogP contribution in [0.2, 0.25) is 0 Å². The molecule has 0 amide bonds. The zero-order valence-corrected chi connectivity index (χ0v) is 15.3. The second kappa shape index (κ2) is 6.22. The van der Waals surface area contributed by atoms with Gasteiger partial charge in [-0.1, -0.05) is 40.5 Å². The molecule has 0 aliphatic heterocycles. The van der Waals surface area contributed by atoms with Gasteiger partial charge in [-0.15, -0.1) is 0 Å². The number of hydrogen-bond donors (Lipinski definition) is 1. The predicted molar refractivity (Wildman–Crippen MR) is 91.2 cm³/mol. The van der Waals surface area contributed by atoms with E-state index in [2.05, 4.69) is 27.7 Å². The molecule has 1 nitrogen and oxygen atoms in total. The summed E-state index contributed by atoms with van der Waals surface area (Å²) in [5, 5.41) is 9.99. The first kappa shape index (κ1) is 17.3. The third-order valence-electron chi connectivity index (χ3n) is 7.29. The summed E-state index contributed by atoms with van der Waals surface area (Å²) in [6, 6.07) is 0. The van der Waals surface area contributed by atoms with E-state index in [0.717, 1.165) is 42.4 Å². The lowest BCUT2D eigenvalue weighted by atomic mass is 9.58. The number of aliphatic hydroxyl groups is 1. The van der Waals surface area contributed by atoms with Crippen molar-refractivity contribution in [3.8, 4) is 0 Å². The Labute approximate surface area is 132 Å². The predicted octanol–water partition coefficient (Wildman–Crippen LogP) is 5.66. The molecule has 1 heteroatoms. The first-order chi connectivity index (χ1) is 9.65. The lowest BCUT2D eigenvalue weighted by Crippen LogP contribution is -2.39. The van der Waals surface area contributed by atoms with E-state index >= 15 is 0 Å². The van der Waals surface area contributed by atoms with Crippen molar-refractivity contribution in [2.24, 2.45) is 35.0 Å². The van der Waals surface area contributed by atoms with Crippen LogP contribution >= 0.6 is 0 Å². The number of rotatable bonds is 5. The maximum Gasteiger partial charge on any atom is 0.0591 e. The largest absolute Gasteiger partial charge is 0.390 e. The van der Waals surface area contributed by atoms with Gasteiger partial charge in [0.05, 0.1) is 5.60 Å². The van der Waals surface area contributed by atoms with Crippen LogP contribution in [0.5, 0.6) is 0 Å². The fourth-order valence-electron chi connectivity index (χ4n) is 5.71. The van der Waals surface area contributed by atoms with Crippen molar-refractivity contribution < 1.29 is 5.11 Å². The van der Waals surface area contributed by atoms with Gasteiger partial charge in [-0.05, 0) is 81.0 Å². The van der Waals surface area contributed by atoms with Crippen molar-refractivity contribution in [1.82, 2.24) is 0 Å². The zero-order valence-electron chi connectivity index (χ0n) is 15.3. The van der Waals surface area contributed by atoms with Gasteiger partial charge in [-0.2, -0.15) is 0 Å². The molecule has 0 aromatic carbocycles. The summed E-state index contributed by atoms with van der Waals surface area (Å²) in [5.74, 6) is 4.34. The van der Waals surface area contributed by atoms with Crippen LogP contribution < -0.4 is 0 Å². The van der Waals surface area contributed by atoms with Crippen molar-refractivity contribution in [1.29, 1.82) is 0 Å². The Hall–Kier alpha value is -0.0400. The molecule has 2 aliphatic carbocycles. The van der Waals surface area contributed by atoms with Crippen molar-refractivity contribution >= 4 is 0 Å². The molecule has 2 unspecified atom stereocenters. The Kier molecular flexibility index (Phi) is 5.13. The van der Waals surface area contributed by atoms with Crippen molar-refractivity contribution in [2.75, 3.05) is 0 Å². The molecule has 2 aliphatic rings. The van der Waals surface area contributed by atoms with E-state index in [9.17, 15) is 5.11 Å². The maximum atomic E-state index is 9.99. The van der Waals surface area contributed by atoms with E-state index in [1.807, 2.05) is 13.8 Å². The normalized spacial score (nSPS) is 39.9. The van der Waals surface area contributed by atoms with E-state index in [-0.39, 0.29) is 0 Å². The van der Waals surface area contributed by atoms with Gasteiger partial charge in [-0.3, -0.25) is 0 Å². The standard InChI is InChI=1S/C20H38O/c1-14(11-13-19(4,5)21)16(3)18-10-9-17-15(2)8-7-12-20(17,18)6/h14-18,21H,7-13H2,1-6H3/t14-,15-,16+,17?,18?,20-/m0/s1. The van der Waals surface area contributed by atoms with Gasteiger partial charge in [0.1, 0.15) is 0 Å². The Morgan fingerprint density at radius 2 is 1.86 bits per heavy atom. The summed E-state index contributed by atoms with van der Waals surface area (Å²) in [6.07, 6.45) is 9.35. The quantitative estimate of drug-likeness (QED) is 0.693. The van der Waals surface area contributed by atoms with Crippen LogP contribution in [-0.4, -0.2) is 10.7 Å². The minimum atomic E-state index is -0.505. The molecule has 2 saturated carbocycles. The van der Waals surface area contributed by atoms with Crippen molar-refractivity contribution in [3.05, 3.63) is 0 Å². The molecule has 21 heavy (non-hydrogen) atoms. The van der Waals surface area contributed by atoms with Crippen LogP contribution in [0.25, 0.3) is 0 Å². The van der Waals surface area contributed by atoms with Gasteiger partial charge in [0.15, 0.2) is 0 Å². The van der Waals surface area contributed by atoms with Gasteiger partial charge < -0.3 is 5.11 Å². The van der Waals surface area contributed by atoms with Crippen LogP contribution in [0.3, 0.4) is 0 Å². The molecular weight excluding hydrogens is 256 g/mol. The molecule has 0 aromatic heterocycles. The van der Waals surface area contributed by atoms with Gasteiger partial charge >= 0.3 is 0 Å². The summed E-state index contributed by atoms with van der Waals surface area (Å²) in [4.78, 5) is 0. The highest BCUT2D eigenvalue weighted by atomic mass is 16.3. The first-order valence-electron chi connectivity index (χ1n) is 9.37. The van der Waals surface area contributed by atoms with E-state index in [4.69, 9.17) is 0 Å². The average Bonchev–Trinajstić information content (AvgIpc) is 2.73. The molecule has 0 aromatic rings. The Bertz CT molecular complexity index is 342. The summed E-state index contributed by atoms with van der Waals surface area (Å²) in [5.41, 5.74) is 0.0928. The summed E-state index contributed by atoms with van der Waals surface area (Å²) < 4.78 is 0. The van der Waals surface area contributed by atoms with E-state index in [1.54, 1.807) is 0 Å². The lowest BCUT2D eigenvalue weighted by Gasteiger charge is -2.47. The molecule has 2 fully saturated rings. The monoisotopic (exact) mass is 294 g/mol. The third kappa shape index (κ3) is 3.66. The molecule has 1 N–H and O–H groups in total. The van der Waals surface area contributed by atoms with E-state index < -0.39 is 5.60 Å². The molecule has 0 bridgehead atoms. The second-order valence-corrected chi connectivity index (χ2v) is 9.35. The van der Waals surface area contributed by atoms with Gasteiger partial charge in [-0.25, -0.2) is 0 Å². The zero-order chi connectivity index (χ0) is 15.8. The molecule has 124 valence electrons. The highest BCUT2D eigenvalue weighted by Gasteiger charge is 2.51. The van der Waals surface area contributed by atoms with Crippen molar-refractivity contribution in [2.45, 2.75) is 92.1 Å². The Morgan fingerprint density at radius 1 is 1.19 bits per heavy atom. The maximum absolute atomic E-state index is 9.99.